The summed E-state index contributed by atoms with van der Waals surface area (Å²) in [6.07, 6.45) is 1.16. The molecule has 1 aromatic heterocycles. The number of ketones is 1. The number of phenolic OH excluding ortho intramolecular Hbond substituents is 4. The number of hydrogen-bond acceptors (Lipinski definition) is 7. The first-order valence-electron chi connectivity index (χ1n) is 7.96. The lowest BCUT2D eigenvalue weighted by atomic mass is 9.92. The van der Waals surface area contributed by atoms with Gasteiger partial charge in [0, 0.05) is 30.7 Å². The maximum Gasteiger partial charge on any atom is 0.201 e. The molecule has 2 aromatic carbocycles. The highest BCUT2D eigenvalue weighted by atomic mass is 16.3. The van der Waals surface area contributed by atoms with Crippen LogP contribution in [-0.2, 0) is 6.42 Å². The molecule has 138 valence electrons. The van der Waals surface area contributed by atoms with Gasteiger partial charge in [-0.2, -0.15) is 0 Å². The molecule has 0 aliphatic carbocycles. The van der Waals surface area contributed by atoms with Gasteiger partial charge < -0.3 is 24.8 Å². The van der Waals surface area contributed by atoms with Crippen LogP contribution in [-0.4, -0.2) is 26.2 Å². The van der Waals surface area contributed by atoms with Crippen molar-refractivity contribution in [2.75, 3.05) is 0 Å². The summed E-state index contributed by atoms with van der Waals surface area (Å²) in [7, 11) is 0. The molecule has 0 unspecified atom stereocenters. The third-order valence-corrected chi connectivity index (χ3v) is 4.06. The zero-order chi connectivity index (χ0) is 19.7. The minimum Gasteiger partial charge on any atom is -0.508 e. The van der Waals surface area contributed by atoms with Gasteiger partial charge in [-0.3, -0.25) is 9.59 Å². The Labute approximate surface area is 153 Å². The Balaban J connectivity index is 2.15. The van der Waals surface area contributed by atoms with Crippen molar-refractivity contribution in [1.29, 1.82) is 0 Å². The zero-order valence-corrected chi connectivity index (χ0v) is 14.3. The Morgan fingerprint density at radius 3 is 2.19 bits per heavy atom. The molecule has 0 saturated heterocycles. The molecule has 0 spiro atoms. The normalized spacial score (nSPS) is 10.7. The maximum atomic E-state index is 13.0. The number of carbonyl (C=O) groups excluding carboxylic acids is 1. The number of phenols is 4. The topological polar surface area (TPSA) is 128 Å². The van der Waals surface area contributed by atoms with Gasteiger partial charge in [0.15, 0.2) is 5.43 Å². The van der Waals surface area contributed by atoms with E-state index < -0.39 is 17.3 Å². The molecule has 0 bridgehead atoms. The molecule has 0 saturated carbocycles. The molecule has 27 heavy (non-hydrogen) atoms. The SMILES string of the molecule is Cc1cc(O)cc(O)c1C(=O)c1c(O)cc(O)cc1Cc1cc(=O)cco1. The van der Waals surface area contributed by atoms with Crippen LogP contribution in [0.1, 0.15) is 32.8 Å². The summed E-state index contributed by atoms with van der Waals surface area (Å²) < 4.78 is 5.24. The lowest BCUT2D eigenvalue weighted by molar-refractivity contribution is 0.103. The minimum atomic E-state index is -0.698. The van der Waals surface area contributed by atoms with Gasteiger partial charge in [0.05, 0.1) is 17.4 Å². The third kappa shape index (κ3) is 3.62. The lowest BCUT2D eigenvalue weighted by Gasteiger charge is -2.14. The Morgan fingerprint density at radius 1 is 0.926 bits per heavy atom. The van der Waals surface area contributed by atoms with E-state index in [1.54, 1.807) is 0 Å². The molecule has 0 radical (unpaired) electrons. The Hall–Kier alpha value is -3.74. The molecule has 0 fully saturated rings. The second-order valence-electron chi connectivity index (χ2n) is 6.10. The van der Waals surface area contributed by atoms with Crippen molar-refractivity contribution >= 4 is 5.78 Å². The van der Waals surface area contributed by atoms with Crippen LogP contribution < -0.4 is 5.43 Å². The highest BCUT2D eigenvalue weighted by Gasteiger charge is 2.24. The van der Waals surface area contributed by atoms with Gasteiger partial charge >= 0.3 is 0 Å². The molecule has 0 aliphatic heterocycles. The van der Waals surface area contributed by atoms with E-state index in [1.807, 2.05) is 0 Å². The first-order valence-corrected chi connectivity index (χ1v) is 7.96. The minimum absolute atomic E-state index is 0.0446. The van der Waals surface area contributed by atoms with Crippen LogP contribution in [0.5, 0.6) is 23.0 Å². The Bertz CT molecular complexity index is 1070. The molecule has 0 atom stereocenters. The van der Waals surface area contributed by atoms with Crippen molar-refractivity contribution in [3.8, 4) is 23.0 Å². The molecule has 3 aromatic rings. The van der Waals surface area contributed by atoms with Crippen LogP contribution in [0, 0.1) is 6.92 Å². The van der Waals surface area contributed by atoms with Crippen molar-refractivity contribution in [3.63, 3.8) is 0 Å². The van der Waals surface area contributed by atoms with E-state index in [0.717, 1.165) is 12.1 Å². The fourth-order valence-corrected chi connectivity index (χ4v) is 2.95. The van der Waals surface area contributed by atoms with E-state index in [9.17, 15) is 30.0 Å². The summed E-state index contributed by atoms with van der Waals surface area (Å²) in [5.41, 5.74) is -0.0191. The van der Waals surface area contributed by atoms with E-state index in [2.05, 4.69) is 0 Å². The van der Waals surface area contributed by atoms with Crippen molar-refractivity contribution < 1.29 is 29.6 Å². The summed E-state index contributed by atoms with van der Waals surface area (Å²) >= 11 is 0. The van der Waals surface area contributed by atoms with Gasteiger partial charge in [-0.15, -0.1) is 0 Å². The van der Waals surface area contributed by atoms with Crippen LogP contribution in [0.4, 0.5) is 0 Å². The maximum absolute atomic E-state index is 13.0. The summed E-state index contributed by atoms with van der Waals surface area (Å²) in [5, 5.41) is 39.7. The largest absolute Gasteiger partial charge is 0.508 e. The smallest absolute Gasteiger partial charge is 0.201 e. The molecule has 4 N–H and O–H groups in total. The summed E-state index contributed by atoms with van der Waals surface area (Å²) in [4.78, 5) is 24.5. The first-order chi connectivity index (χ1) is 12.8. The number of carbonyl (C=O) groups is 1. The molecule has 1 heterocycles. The van der Waals surface area contributed by atoms with Gasteiger partial charge in [0.2, 0.25) is 5.78 Å². The van der Waals surface area contributed by atoms with Gasteiger partial charge in [-0.05, 0) is 30.2 Å². The van der Waals surface area contributed by atoms with E-state index >= 15 is 0 Å². The third-order valence-electron chi connectivity index (χ3n) is 4.06. The van der Waals surface area contributed by atoms with Crippen LogP contribution in [0.15, 0.2) is 51.9 Å². The van der Waals surface area contributed by atoms with E-state index in [1.165, 1.54) is 37.5 Å². The Morgan fingerprint density at radius 2 is 1.56 bits per heavy atom. The highest BCUT2D eigenvalue weighted by molar-refractivity contribution is 6.14. The summed E-state index contributed by atoms with van der Waals surface area (Å²) in [5.74, 6) is -1.88. The second kappa shape index (κ2) is 6.87. The van der Waals surface area contributed by atoms with Crippen LogP contribution in [0.25, 0.3) is 0 Å². The molecule has 0 amide bonds. The first kappa shape index (κ1) is 18.1. The van der Waals surface area contributed by atoms with Gasteiger partial charge in [0.25, 0.3) is 0 Å². The molecular formula is C20H16O7. The van der Waals surface area contributed by atoms with Crippen molar-refractivity contribution in [2.45, 2.75) is 13.3 Å². The average Bonchev–Trinajstić information content (AvgIpc) is 2.53. The molecule has 0 aliphatic rings. The number of aromatic hydroxyl groups is 4. The van der Waals surface area contributed by atoms with Crippen molar-refractivity contribution in [3.05, 3.63) is 80.9 Å². The van der Waals surface area contributed by atoms with Gasteiger partial charge in [-0.25, -0.2) is 0 Å². The standard InChI is InChI=1S/C20H16O7/c1-10-4-13(22)8-16(24)18(10)20(26)19-11(5-14(23)9-17(19)25)6-15-7-12(21)2-3-27-15/h2-5,7-9,22-25H,6H2,1H3. The van der Waals surface area contributed by atoms with Crippen LogP contribution in [0.2, 0.25) is 0 Å². The Kier molecular flexibility index (Phi) is 4.60. The van der Waals surface area contributed by atoms with Crippen LogP contribution >= 0.6 is 0 Å². The monoisotopic (exact) mass is 368 g/mol. The summed E-state index contributed by atoms with van der Waals surface area (Å²) in [6.45, 7) is 1.53. The number of aryl methyl sites for hydroxylation is 1. The quantitative estimate of drug-likeness (QED) is 0.521. The zero-order valence-electron chi connectivity index (χ0n) is 14.3. The predicted molar refractivity (Wildman–Crippen MR) is 95.5 cm³/mol. The van der Waals surface area contributed by atoms with E-state index in [-0.39, 0.29) is 45.8 Å². The fourth-order valence-electron chi connectivity index (χ4n) is 2.95. The number of rotatable bonds is 4. The fraction of sp³-hybridized carbons (Fsp3) is 0.100. The van der Waals surface area contributed by atoms with Crippen LogP contribution in [0.3, 0.4) is 0 Å². The lowest BCUT2D eigenvalue weighted by Crippen LogP contribution is -2.09. The van der Waals surface area contributed by atoms with E-state index in [0.29, 0.717) is 5.56 Å². The second-order valence-corrected chi connectivity index (χ2v) is 6.10. The average molecular weight is 368 g/mol. The molecule has 7 heteroatoms. The molecular weight excluding hydrogens is 352 g/mol. The van der Waals surface area contributed by atoms with Gasteiger partial charge in [0.1, 0.15) is 28.8 Å². The van der Waals surface area contributed by atoms with Crippen molar-refractivity contribution in [1.82, 2.24) is 0 Å². The van der Waals surface area contributed by atoms with Crippen molar-refractivity contribution in [2.24, 2.45) is 0 Å². The molecule has 3 rings (SSSR count). The predicted octanol–water partition coefficient (Wildman–Crippen LogP) is 2.59. The van der Waals surface area contributed by atoms with E-state index in [4.69, 9.17) is 4.42 Å². The molecule has 7 nitrogen and oxygen atoms in total. The highest BCUT2D eigenvalue weighted by Crippen LogP contribution is 2.35. The number of hydrogen-bond donors (Lipinski definition) is 4. The summed E-state index contributed by atoms with van der Waals surface area (Å²) in [6, 6.07) is 7.07. The number of benzene rings is 2. The van der Waals surface area contributed by atoms with Gasteiger partial charge in [-0.1, -0.05) is 0 Å².